The van der Waals surface area contributed by atoms with Crippen molar-refractivity contribution >= 4 is 33.6 Å². The van der Waals surface area contributed by atoms with Crippen LogP contribution in [0.5, 0.6) is 0 Å². The maximum atomic E-state index is 11.0. The second kappa shape index (κ2) is 5.96. The van der Waals surface area contributed by atoms with Gasteiger partial charge in [-0.2, -0.15) is 5.10 Å². The molecule has 0 unspecified atom stereocenters. The van der Waals surface area contributed by atoms with Gasteiger partial charge < -0.3 is 5.11 Å². The predicted octanol–water partition coefficient (Wildman–Crippen LogP) is 3.97. The Kier molecular flexibility index (Phi) is 4.00. The lowest BCUT2D eigenvalue weighted by molar-refractivity contribution is 0.0689. The molecule has 6 heteroatoms. The van der Waals surface area contributed by atoms with Gasteiger partial charge in [-0.15, -0.1) is 11.3 Å². The van der Waals surface area contributed by atoms with Gasteiger partial charge >= 0.3 is 5.97 Å². The third-order valence-corrected chi connectivity index (χ3v) is 4.42. The summed E-state index contributed by atoms with van der Waals surface area (Å²) in [6.07, 6.45) is 2.07. The maximum absolute atomic E-state index is 11.0. The van der Waals surface area contributed by atoms with Crippen molar-refractivity contribution in [3.8, 4) is 0 Å². The Labute approximate surface area is 137 Å². The third kappa shape index (κ3) is 3.17. The van der Waals surface area contributed by atoms with Gasteiger partial charge in [0.25, 0.3) is 0 Å². The molecule has 0 aliphatic carbocycles. The van der Waals surface area contributed by atoms with Crippen LogP contribution in [0.15, 0.2) is 29.8 Å². The van der Waals surface area contributed by atoms with E-state index in [1.54, 1.807) is 22.1 Å². The summed E-state index contributed by atoms with van der Waals surface area (Å²) in [4.78, 5) is 15.7. The molecule has 2 aromatic heterocycles. The van der Waals surface area contributed by atoms with Crippen LogP contribution in [-0.4, -0.2) is 25.8 Å². The molecule has 0 amide bonds. The Morgan fingerprint density at radius 2 is 2.17 bits per heavy atom. The van der Waals surface area contributed by atoms with Crippen LogP contribution in [0.3, 0.4) is 0 Å². The van der Waals surface area contributed by atoms with Crippen LogP contribution in [0.1, 0.15) is 40.6 Å². The van der Waals surface area contributed by atoms with Crippen molar-refractivity contribution < 1.29 is 9.90 Å². The number of carboxylic acid groups (broad SMARTS) is 1. The molecular formula is C17H17N3O2S. The SMILES string of the molecule is CC(C)=Cc1nc2c(Cn3nc(C(=O)O)cc3C)cccc2s1. The lowest BCUT2D eigenvalue weighted by atomic mass is 10.2. The molecule has 0 atom stereocenters. The van der Waals surface area contributed by atoms with E-state index in [4.69, 9.17) is 10.1 Å². The molecule has 3 aromatic rings. The molecule has 1 N–H and O–H groups in total. The Bertz CT molecular complexity index is 917. The van der Waals surface area contributed by atoms with Crippen molar-refractivity contribution in [1.29, 1.82) is 0 Å². The molecule has 0 fully saturated rings. The number of carboxylic acids is 1. The summed E-state index contributed by atoms with van der Waals surface area (Å²) >= 11 is 1.65. The number of fused-ring (bicyclic) bond motifs is 1. The first-order valence-electron chi connectivity index (χ1n) is 7.25. The molecule has 5 nitrogen and oxygen atoms in total. The fourth-order valence-corrected chi connectivity index (χ4v) is 3.47. The minimum absolute atomic E-state index is 0.0678. The van der Waals surface area contributed by atoms with E-state index < -0.39 is 5.97 Å². The summed E-state index contributed by atoms with van der Waals surface area (Å²) in [5, 5.41) is 14.2. The van der Waals surface area contributed by atoms with Gasteiger partial charge in [0.15, 0.2) is 5.69 Å². The van der Waals surface area contributed by atoms with E-state index in [1.165, 1.54) is 5.57 Å². The summed E-state index contributed by atoms with van der Waals surface area (Å²) in [7, 11) is 0. The number of allylic oxidation sites excluding steroid dienone is 1. The number of thiazole rings is 1. The van der Waals surface area contributed by atoms with Crippen LogP contribution in [-0.2, 0) is 6.54 Å². The van der Waals surface area contributed by atoms with E-state index in [9.17, 15) is 4.79 Å². The number of benzene rings is 1. The van der Waals surface area contributed by atoms with Crippen LogP contribution < -0.4 is 0 Å². The quantitative estimate of drug-likeness (QED) is 0.787. The van der Waals surface area contributed by atoms with Crippen LogP contribution >= 0.6 is 11.3 Å². The molecular weight excluding hydrogens is 310 g/mol. The van der Waals surface area contributed by atoms with Gasteiger partial charge in [0.2, 0.25) is 0 Å². The highest BCUT2D eigenvalue weighted by atomic mass is 32.1. The van der Waals surface area contributed by atoms with Crippen molar-refractivity contribution in [3.05, 3.63) is 51.8 Å². The summed E-state index contributed by atoms with van der Waals surface area (Å²) in [5.74, 6) is -1.01. The lowest BCUT2D eigenvalue weighted by Gasteiger charge is -2.05. The molecule has 23 heavy (non-hydrogen) atoms. The van der Waals surface area contributed by atoms with E-state index in [-0.39, 0.29) is 5.69 Å². The van der Waals surface area contributed by atoms with Gasteiger partial charge in [0.1, 0.15) is 5.01 Å². The van der Waals surface area contributed by atoms with Crippen molar-refractivity contribution in [1.82, 2.24) is 14.8 Å². The largest absolute Gasteiger partial charge is 0.476 e. The van der Waals surface area contributed by atoms with Crippen LogP contribution in [0.4, 0.5) is 0 Å². The van der Waals surface area contributed by atoms with Gasteiger partial charge in [-0.1, -0.05) is 17.7 Å². The van der Waals surface area contributed by atoms with E-state index in [1.807, 2.05) is 32.9 Å². The summed E-state index contributed by atoms with van der Waals surface area (Å²) in [6.45, 7) is 6.46. The van der Waals surface area contributed by atoms with Gasteiger partial charge in [-0.3, -0.25) is 4.68 Å². The van der Waals surface area contributed by atoms with Crippen molar-refractivity contribution in [2.24, 2.45) is 0 Å². The van der Waals surface area contributed by atoms with E-state index in [0.29, 0.717) is 6.54 Å². The standard InChI is InChI=1S/C17H17N3O2S/c1-10(2)7-15-18-16-12(5-4-6-14(16)23-15)9-20-11(3)8-13(19-20)17(21)22/h4-8H,9H2,1-3H3,(H,21,22). The van der Waals surface area contributed by atoms with Crippen molar-refractivity contribution in [2.75, 3.05) is 0 Å². The molecule has 118 valence electrons. The zero-order valence-electron chi connectivity index (χ0n) is 13.2. The highest BCUT2D eigenvalue weighted by Crippen LogP contribution is 2.27. The third-order valence-electron chi connectivity index (χ3n) is 3.45. The first-order chi connectivity index (χ1) is 10.9. The maximum Gasteiger partial charge on any atom is 0.356 e. The fourth-order valence-electron chi connectivity index (χ4n) is 2.40. The van der Waals surface area contributed by atoms with Crippen LogP contribution in [0.2, 0.25) is 0 Å². The topological polar surface area (TPSA) is 68.0 Å². The number of nitrogens with zero attached hydrogens (tertiary/aromatic N) is 3. The number of aryl methyl sites for hydroxylation is 1. The van der Waals surface area contributed by atoms with Gasteiger partial charge in [-0.05, 0) is 39.0 Å². The van der Waals surface area contributed by atoms with E-state index >= 15 is 0 Å². The summed E-state index contributed by atoms with van der Waals surface area (Å²) in [5.41, 5.74) is 4.09. The number of para-hydroxylation sites is 1. The smallest absolute Gasteiger partial charge is 0.356 e. The molecule has 0 aliphatic rings. The number of aromatic nitrogens is 3. The molecule has 3 rings (SSSR count). The Morgan fingerprint density at radius 1 is 1.39 bits per heavy atom. The minimum Gasteiger partial charge on any atom is -0.476 e. The van der Waals surface area contributed by atoms with Crippen LogP contribution in [0.25, 0.3) is 16.3 Å². The first-order valence-corrected chi connectivity index (χ1v) is 8.07. The monoisotopic (exact) mass is 327 g/mol. The van der Waals surface area contributed by atoms with Gasteiger partial charge in [0, 0.05) is 11.3 Å². The van der Waals surface area contributed by atoms with Crippen molar-refractivity contribution in [3.63, 3.8) is 0 Å². The highest BCUT2D eigenvalue weighted by Gasteiger charge is 2.13. The molecule has 0 aliphatic heterocycles. The second-order valence-electron chi connectivity index (χ2n) is 5.67. The lowest BCUT2D eigenvalue weighted by Crippen LogP contribution is -2.06. The van der Waals surface area contributed by atoms with Gasteiger partial charge in [0.05, 0.1) is 16.8 Å². The molecule has 0 bridgehead atoms. The molecule has 0 saturated heterocycles. The van der Waals surface area contributed by atoms with E-state index in [2.05, 4.69) is 17.2 Å². The number of aromatic carboxylic acids is 1. The molecule has 0 radical (unpaired) electrons. The zero-order chi connectivity index (χ0) is 16.6. The fraction of sp³-hybridized carbons (Fsp3) is 0.235. The number of rotatable bonds is 4. The second-order valence-corrected chi connectivity index (χ2v) is 6.73. The Balaban J connectivity index is 2.01. The normalized spacial score (nSPS) is 10.9. The average molecular weight is 327 g/mol. The molecule has 1 aromatic carbocycles. The average Bonchev–Trinajstić information content (AvgIpc) is 3.02. The van der Waals surface area contributed by atoms with Gasteiger partial charge in [-0.25, -0.2) is 9.78 Å². The zero-order valence-corrected chi connectivity index (χ0v) is 14.0. The number of hydrogen-bond donors (Lipinski definition) is 1. The van der Waals surface area contributed by atoms with Crippen LogP contribution in [0, 0.1) is 6.92 Å². The Hall–Kier alpha value is -2.47. The highest BCUT2D eigenvalue weighted by molar-refractivity contribution is 7.19. The summed E-state index contributed by atoms with van der Waals surface area (Å²) in [6, 6.07) is 7.64. The first kappa shape index (κ1) is 15.4. The Morgan fingerprint density at radius 3 is 2.83 bits per heavy atom. The minimum atomic E-state index is -1.01. The van der Waals surface area contributed by atoms with E-state index in [0.717, 1.165) is 26.5 Å². The number of carbonyl (C=O) groups is 1. The molecule has 0 saturated carbocycles. The summed E-state index contributed by atoms with van der Waals surface area (Å²) < 4.78 is 2.83. The molecule has 2 heterocycles. The number of hydrogen-bond acceptors (Lipinski definition) is 4. The molecule has 0 spiro atoms. The predicted molar refractivity (Wildman–Crippen MR) is 92.0 cm³/mol. The van der Waals surface area contributed by atoms with Crippen molar-refractivity contribution in [2.45, 2.75) is 27.3 Å².